The molecule has 1 unspecified atom stereocenters. The Balaban J connectivity index is 1.72. The maximum absolute atomic E-state index is 15.1. The predicted octanol–water partition coefficient (Wildman–Crippen LogP) is 4.43. The quantitative estimate of drug-likeness (QED) is 0.616. The number of ketones is 1. The minimum Gasteiger partial charge on any atom is -0.462 e. The van der Waals surface area contributed by atoms with E-state index in [0.29, 0.717) is 30.6 Å². The molecule has 3 heterocycles. The smallest absolute Gasteiger partial charge is 0.341 e. The molecule has 1 aromatic carbocycles. The third kappa shape index (κ3) is 2.77. The number of fused-ring (bicyclic) bond motifs is 3. The highest BCUT2D eigenvalue weighted by Gasteiger charge is 2.68. The van der Waals surface area contributed by atoms with E-state index in [2.05, 4.69) is 19.9 Å². The lowest BCUT2D eigenvalue weighted by molar-refractivity contribution is -0.141. The largest absolute Gasteiger partial charge is 0.462 e. The fourth-order valence-electron chi connectivity index (χ4n) is 7.85. The second-order valence-electron chi connectivity index (χ2n) is 11.6. The molecule has 2 N–H and O–H groups in total. The molecule has 1 atom stereocenters. The average molecular weight is 491 g/mol. The van der Waals surface area contributed by atoms with Crippen LogP contribution in [0.4, 0.5) is 5.69 Å². The number of hydrogen-bond acceptors (Lipinski definition) is 6. The van der Waals surface area contributed by atoms with Crippen molar-refractivity contribution in [3.63, 3.8) is 0 Å². The Kier molecular flexibility index (Phi) is 4.99. The number of carbonyl (C=O) groups excluding carboxylic acids is 3. The highest BCUT2D eigenvalue weighted by Crippen LogP contribution is 2.63. The number of esters is 1. The molecule has 6 rings (SSSR count). The summed E-state index contributed by atoms with van der Waals surface area (Å²) in [7, 11) is 0. The molecule has 1 fully saturated rings. The van der Waals surface area contributed by atoms with Crippen molar-refractivity contribution in [3.05, 3.63) is 52.1 Å². The van der Waals surface area contributed by atoms with Gasteiger partial charge in [-0.2, -0.15) is 0 Å². The summed E-state index contributed by atoms with van der Waals surface area (Å²) in [5.41, 5.74) is 7.08. The van der Waals surface area contributed by atoms with Crippen molar-refractivity contribution >= 4 is 23.3 Å². The van der Waals surface area contributed by atoms with Gasteiger partial charge in [-0.3, -0.25) is 9.59 Å². The molecule has 7 heteroatoms. The number of nitrogens with zero attached hydrogens (tertiary/aromatic N) is 1. The number of benzene rings is 1. The fraction of sp³-hybridized carbons (Fsp3) is 0.552. The van der Waals surface area contributed by atoms with Crippen molar-refractivity contribution in [2.45, 2.75) is 94.9 Å². The van der Waals surface area contributed by atoms with Gasteiger partial charge in [-0.25, -0.2) is 4.79 Å². The number of nitrogens with two attached hydrogens (primary N) is 1. The Labute approximate surface area is 211 Å². The summed E-state index contributed by atoms with van der Waals surface area (Å²) < 4.78 is 11.4. The standard InChI is InChI=1S/C29H34N2O5/c1-4-35-25(33)22-24(30)36-20-13-9-12-19(32)21(20)29(22)18-11-8-10-17-23(18)31(26(29)34)28(16-27(17,2)3)14-6-5-7-15-28/h8,10-11H,4-7,9,12-16,30H2,1-3H3. The van der Waals surface area contributed by atoms with Crippen LogP contribution in [0.3, 0.4) is 0 Å². The number of carbonyl (C=O) groups is 3. The van der Waals surface area contributed by atoms with E-state index in [1.165, 1.54) is 0 Å². The number of amides is 1. The van der Waals surface area contributed by atoms with Crippen molar-refractivity contribution in [2.24, 2.45) is 5.73 Å². The van der Waals surface area contributed by atoms with Crippen molar-refractivity contribution in [1.82, 2.24) is 0 Å². The van der Waals surface area contributed by atoms with Gasteiger partial charge in [0, 0.05) is 23.9 Å². The minimum atomic E-state index is -1.64. The Morgan fingerprint density at radius 2 is 1.81 bits per heavy atom. The van der Waals surface area contributed by atoms with Gasteiger partial charge in [-0.05, 0) is 43.6 Å². The third-order valence-corrected chi connectivity index (χ3v) is 9.02. The maximum atomic E-state index is 15.1. The summed E-state index contributed by atoms with van der Waals surface area (Å²) in [4.78, 5) is 44.3. The van der Waals surface area contributed by atoms with Crippen LogP contribution in [0.5, 0.6) is 0 Å². The number of rotatable bonds is 2. The molecule has 0 radical (unpaired) electrons. The van der Waals surface area contributed by atoms with Crippen LogP contribution in [-0.2, 0) is 34.7 Å². The molecule has 3 aliphatic heterocycles. The lowest BCUT2D eigenvalue weighted by atomic mass is 9.63. The minimum absolute atomic E-state index is 0.0464. The summed E-state index contributed by atoms with van der Waals surface area (Å²) in [6.07, 6.45) is 7.29. The Morgan fingerprint density at radius 1 is 1.08 bits per heavy atom. The van der Waals surface area contributed by atoms with Crippen LogP contribution in [0.15, 0.2) is 41.0 Å². The van der Waals surface area contributed by atoms with Crippen LogP contribution in [0, 0.1) is 0 Å². The van der Waals surface area contributed by atoms with Gasteiger partial charge in [-0.15, -0.1) is 0 Å². The third-order valence-electron chi connectivity index (χ3n) is 9.02. The molecule has 1 amide bonds. The van der Waals surface area contributed by atoms with Crippen LogP contribution in [0.1, 0.15) is 89.7 Å². The summed E-state index contributed by atoms with van der Waals surface area (Å²) in [6.45, 7) is 6.31. The Bertz CT molecular complexity index is 1270. The van der Waals surface area contributed by atoms with Gasteiger partial charge >= 0.3 is 5.97 Å². The second-order valence-corrected chi connectivity index (χ2v) is 11.6. The molecular formula is C29H34N2O5. The summed E-state index contributed by atoms with van der Waals surface area (Å²) in [6, 6.07) is 5.93. The summed E-state index contributed by atoms with van der Waals surface area (Å²) >= 11 is 0. The summed E-state index contributed by atoms with van der Waals surface area (Å²) in [5, 5.41) is 0. The zero-order valence-corrected chi connectivity index (χ0v) is 21.4. The van der Waals surface area contributed by atoms with Gasteiger partial charge in [0.25, 0.3) is 0 Å². The molecule has 1 aromatic rings. The van der Waals surface area contributed by atoms with Crippen LogP contribution >= 0.6 is 0 Å². The van der Waals surface area contributed by atoms with E-state index in [-0.39, 0.29) is 46.3 Å². The zero-order chi connectivity index (χ0) is 25.5. The highest BCUT2D eigenvalue weighted by molar-refractivity contribution is 6.24. The van der Waals surface area contributed by atoms with E-state index in [0.717, 1.165) is 49.8 Å². The zero-order valence-electron chi connectivity index (χ0n) is 21.4. The predicted molar refractivity (Wildman–Crippen MR) is 134 cm³/mol. The second kappa shape index (κ2) is 7.70. The van der Waals surface area contributed by atoms with Crippen LogP contribution in [0.2, 0.25) is 0 Å². The van der Waals surface area contributed by atoms with Gasteiger partial charge < -0.3 is 20.1 Å². The fourth-order valence-corrected chi connectivity index (χ4v) is 7.85. The Morgan fingerprint density at radius 3 is 2.53 bits per heavy atom. The molecule has 0 bridgehead atoms. The number of anilines is 1. The lowest BCUT2D eigenvalue weighted by Crippen LogP contribution is -2.61. The number of para-hydroxylation sites is 1. The molecule has 0 saturated heterocycles. The van der Waals surface area contributed by atoms with Crippen molar-refractivity contribution in [1.29, 1.82) is 0 Å². The number of allylic oxidation sites excluding steroid dienone is 1. The molecule has 2 aliphatic carbocycles. The van der Waals surface area contributed by atoms with E-state index >= 15 is 4.79 Å². The SMILES string of the molecule is CCOC(=O)C1=C(N)OC2=C(C(=O)CCC2)C12C(=O)N1c3c(cccc32)C(C)(C)CC12CCCCC2. The first-order valence-electron chi connectivity index (χ1n) is 13.3. The van der Waals surface area contributed by atoms with Gasteiger partial charge in [0.05, 0.1) is 17.9 Å². The van der Waals surface area contributed by atoms with Crippen LogP contribution < -0.4 is 10.6 Å². The summed E-state index contributed by atoms with van der Waals surface area (Å²) in [5.74, 6) is -0.834. The van der Waals surface area contributed by atoms with Gasteiger partial charge in [0.2, 0.25) is 11.8 Å². The van der Waals surface area contributed by atoms with Crippen molar-refractivity contribution in [2.75, 3.05) is 11.5 Å². The molecule has 7 nitrogen and oxygen atoms in total. The Hall–Kier alpha value is -3.09. The highest BCUT2D eigenvalue weighted by atomic mass is 16.5. The van der Waals surface area contributed by atoms with E-state index in [9.17, 15) is 9.59 Å². The normalized spacial score (nSPS) is 27.8. The van der Waals surface area contributed by atoms with E-state index in [4.69, 9.17) is 15.2 Å². The van der Waals surface area contributed by atoms with Crippen LogP contribution in [0.25, 0.3) is 0 Å². The molecule has 190 valence electrons. The molecular weight excluding hydrogens is 456 g/mol. The molecule has 1 saturated carbocycles. The van der Waals surface area contributed by atoms with Crippen molar-refractivity contribution in [3.8, 4) is 0 Å². The van der Waals surface area contributed by atoms with E-state index in [1.54, 1.807) is 6.92 Å². The number of Topliss-reactive ketones (excluding diaryl/α,β-unsaturated/α-hetero) is 1. The van der Waals surface area contributed by atoms with Crippen molar-refractivity contribution < 1.29 is 23.9 Å². The van der Waals surface area contributed by atoms with E-state index in [1.807, 2.05) is 17.0 Å². The first-order valence-corrected chi connectivity index (χ1v) is 13.3. The van der Waals surface area contributed by atoms with Gasteiger partial charge in [-0.1, -0.05) is 51.3 Å². The first-order chi connectivity index (χ1) is 17.2. The van der Waals surface area contributed by atoms with Gasteiger partial charge in [0.1, 0.15) is 16.7 Å². The molecule has 0 aromatic heterocycles. The molecule has 5 aliphatic rings. The average Bonchev–Trinajstić information content (AvgIpc) is 3.08. The lowest BCUT2D eigenvalue weighted by Gasteiger charge is -2.54. The first kappa shape index (κ1) is 23.3. The monoisotopic (exact) mass is 490 g/mol. The van der Waals surface area contributed by atoms with Gasteiger partial charge in [0.15, 0.2) is 5.78 Å². The topological polar surface area (TPSA) is 98.9 Å². The maximum Gasteiger partial charge on any atom is 0.341 e. The molecule has 2 spiro atoms. The molecule has 36 heavy (non-hydrogen) atoms. The number of hydrogen-bond donors (Lipinski definition) is 1. The number of ether oxygens (including phenoxy) is 2. The van der Waals surface area contributed by atoms with E-state index < -0.39 is 11.4 Å². The van der Waals surface area contributed by atoms with Crippen LogP contribution in [-0.4, -0.2) is 29.8 Å².